The van der Waals surface area contributed by atoms with Gasteiger partial charge in [0.2, 0.25) is 0 Å². The van der Waals surface area contributed by atoms with Crippen LogP contribution in [0.25, 0.3) is 0 Å². The molecule has 6 nitrogen and oxygen atoms in total. The fraction of sp³-hybridized carbons (Fsp3) is 0.615. The minimum absolute atomic E-state index is 0.183. The second-order valence-electron chi connectivity index (χ2n) is 5.58. The predicted molar refractivity (Wildman–Crippen MR) is 69.2 cm³/mol. The second kappa shape index (κ2) is 4.36. The molecule has 3 rings (SSSR count). The smallest absolute Gasteiger partial charge is 0.311 e. The van der Waals surface area contributed by atoms with Gasteiger partial charge >= 0.3 is 5.97 Å². The molecule has 0 bridgehead atoms. The number of rotatable bonds is 5. The van der Waals surface area contributed by atoms with Gasteiger partial charge in [-0.1, -0.05) is 6.42 Å². The lowest BCUT2D eigenvalue weighted by Crippen LogP contribution is -2.43. The number of anilines is 1. The van der Waals surface area contributed by atoms with Gasteiger partial charge in [0.25, 0.3) is 5.56 Å². The first-order valence-electron chi connectivity index (χ1n) is 6.68. The van der Waals surface area contributed by atoms with Gasteiger partial charge in [-0.25, -0.2) is 4.98 Å². The van der Waals surface area contributed by atoms with Gasteiger partial charge in [0.1, 0.15) is 11.6 Å². The van der Waals surface area contributed by atoms with E-state index in [0.717, 1.165) is 19.3 Å². The van der Waals surface area contributed by atoms with Crippen molar-refractivity contribution >= 4 is 11.8 Å². The van der Waals surface area contributed by atoms with Crippen molar-refractivity contribution in [1.82, 2.24) is 9.97 Å². The van der Waals surface area contributed by atoms with Crippen LogP contribution in [0.15, 0.2) is 10.9 Å². The van der Waals surface area contributed by atoms with Crippen LogP contribution in [0.5, 0.6) is 0 Å². The van der Waals surface area contributed by atoms with Crippen LogP contribution in [0.4, 0.5) is 5.82 Å². The molecule has 1 heterocycles. The fourth-order valence-corrected chi connectivity index (χ4v) is 2.45. The maximum Gasteiger partial charge on any atom is 0.311 e. The SMILES string of the molecule is O=C(O)C1(CNc2cc(=O)[nH]c(C3CC3)n2)CCC1. The van der Waals surface area contributed by atoms with Gasteiger partial charge in [-0.05, 0) is 25.7 Å². The van der Waals surface area contributed by atoms with Crippen LogP contribution in [0.3, 0.4) is 0 Å². The number of aliphatic carboxylic acids is 1. The summed E-state index contributed by atoms with van der Waals surface area (Å²) >= 11 is 0. The number of carbonyl (C=O) groups is 1. The Kier molecular flexibility index (Phi) is 2.80. The zero-order valence-corrected chi connectivity index (χ0v) is 10.6. The Balaban J connectivity index is 1.72. The van der Waals surface area contributed by atoms with Crippen molar-refractivity contribution in [3.8, 4) is 0 Å². The first-order chi connectivity index (χ1) is 9.09. The van der Waals surface area contributed by atoms with Crippen molar-refractivity contribution in [3.05, 3.63) is 22.2 Å². The molecule has 1 aromatic heterocycles. The summed E-state index contributed by atoms with van der Waals surface area (Å²) in [5.41, 5.74) is -0.860. The van der Waals surface area contributed by atoms with Crippen molar-refractivity contribution in [3.63, 3.8) is 0 Å². The van der Waals surface area contributed by atoms with E-state index in [1.807, 2.05) is 0 Å². The maximum atomic E-state index is 11.5. The van der Waals surface area contributed by atoms with Crippen LogP contribution in [-0.2, 0) is 4.79 Å². The fourth-order valence-electron chi connectivity index (χ4n) is 2.45. The van der Waals surface area contributed by atoms with Crippen LogP contribution in [0.2, 0.25) is 0 Å². The highest BCUT2D eigenvalue weighted by atomic mass is 16.4. The molecular weight excluding hydrogens is 246 g/mol. The number of hydrogen-bond acceptors (Lipinski definition) is 4. The molecule has 0 saturated heterocycles. The molecular formula is C13H17N3O3. The molecule has 0 atom stereocenters. The third-order valence-electron chi connectivity index (χ3n) is 4.10. The molecule has 1 aromatic rings. The molecule has 2 saturated carbocycles. The molecule has 2 fully saturated rings. The Labute approximate surface area is 110 Å². The molecule has 19 heavy (non-hydrogen) atoms. The molecule has 0 unspecified atom stereocenters. The lowest BCUT2D eigenvalue weighted by Gasteiger charge is -2.37. The molecule has 0 amide bonds. The number of carboxylic acids is 1. The Hall–Kier alpha value is -1.85. The number of nitrogens with zero attached hydrogens (tertiary/aromatic N) is 1. The summed E-state index contributed by atoms with van der Waals surface area (Å²) in [6.07, 6.45) is 4.45. The Morgan fingerprint density at radius 1 is 1.53 bits per heavy atom. The van der Waals surface area contributed by atoms with Crippen molar-refractivity contribution in [1.29, 1.82) is 0 Å². The third kappa shape index (κ3) is 2.34. The summed E-state index contributed by atoms with van der Waals surface area (Å²) in [6.45, 7) is 0.336. The van der Waals surface area contributed by atoms with Crippen LogP contribution >= 0.6 is 0 Å². The number of H-pyrrole nitrogens is 1. The highest BCUT2D eigenvalue weighted by Crippen LogP contribution is 2.41. The number of nitrogens with one attached hydrogen (secondary N) is 2. The zero-order chi connectivity index (χ0) is 13.5. The summed E-state index contributed by atoms with van der Waals surface area (Å²) in [5, 5.41) is 12.3. The van der Waals surface area contributed by atoms with Gasteiger partial charge in [-0.2, -0.15) is 0 Å². The number of aromatic nitrogens is 2. The van der Waals surface area contributed by atoms with E-state index in [-0.39, 0.29) is 5.56 Å². The van der Waals surface area contributed by atoms with E-state index < -0.39 is 11.4 Å². The molecule has 3 N–H and O–H groups in total. The van der Waals surface area contributed by atoms with Crippen molar-refractivity contribution < 1.29 is 9.90 Å². The molecule has 102 valence electrons. The Morgan fingerprint density at radius 3 is 2.79 bits per heavy atom. The highest BCUT2D eigenvalue weighted by Gasteiger charge is 2.44. The molecule has 6 heteroatoms. The van der Waals surface area contributed by atoms with E-state index in [2.05, 4.69) is 15.3 Å². The van der Waals surface area contributed by atoms with E-state index in [4.69, 9.17) is 0 Å². The van der Waals surface area contributed by atoms with Crippen molar-refractivity contribution in [2.75, 3.05) is 11.9 Å². The molecule has 0 aromatic carbocycles. The lowest BCUT2D eigenvalue weighted by atomic mass is 9.69. The minimum atomic E-state index is -0.765. The highest BCUT2D eigenvalue weighted by molar-refractivity contribution is 5.76. The van der Waals surface area contributed by atoms with E-state index in [0.29, 0.717) is 36.9 Å². The lowest BCUT2D eigenvalue weighted by molar-refractivity contribution is -0.153. The van der Waals surface area contributed by atoms with E-state index in [9.17, 15) is 14.7 Å². The van der Waals surface area contributed by atoms with Gasteiger partial charge < -0.3 is 15.4 Å². The molecule has 2 aliphatic carbocycles. The first-order valence-corrected chi connectivity index (χ1v) is 6.68. The number of carboxylic acid groups (broad SMARTS) is 1. The topological polar surface area (TPSA) is 95.1 Å². The van der Waals surface area contributed by atoms with E-state index in [1.165, 1.54) is 6.07 Å². The van der Waals surface area contributed by atoms with Crippen LogP contribution < -0.4 is 10.9 Å². The monoisotopic (exact) mass is 263 g/mol. The van der Waals surface area contributed by atoms with Gasteiger partial charge in [-0.15, -0.1) is 0 Å². The normalized spacial score (nSPS) is 20.6. The minimum Gasteiger partial charge on any atom is -0.481 e. The standard InChI is InChI=1S/C13H17N3O3/c17-10-6-9(15-11(16-10)8-2-3-8)14-7-13(12(18)19)4-1-5-13/h6,8H,1-5,7H2,(H,18,19)(H2,14,15,16,17). The predicted octanol–water partition coefficient (Wildman–Crippen LogP) is 1.31. The molecule has 2 aliphatic rings. The average Bonchev–Trinajstić information content (AvgIpc) is 3.09. The summed E-state index contributed by atoms with van der Waals surface area (Å²) in [6, 6.07) is 1.39. The van der Waals surface area contributed by atoms with Crippen LogP contribution in [-0.4, -0.2) is 27.6 Å². The van der Waals surface area contributed by atoms with E-state index >= 15 is 0 Å². The van der Waals surface area contributed by atoms with E-state index in [1.54, 1.807) is 0 Å². The Bertz CT molecular complexity index is 558. The summed E-state index contributed by atoms with van der Waals surface area (Å²) < 4.78 is 0. The Morgan fingerprint density at radius 2 is 2.26 bits per heavy atom. The summed E-state index contributed by atoms with van der Waals surface area (Å²) in [4.78, 5) is 29.9. The maximum absolute atomic E-state index is 11.5. The quantitative estimate of drug-likeness (QED) is 0.744. The average molecular weight is 263 g/mol. The largest absolute Gasteiger partial charge is 0.481 e. The number of hydrogen-bond donors (Lipinski definition) is 3. The number of aromatic amines is 1. The van der Waals surface area contributed by atoms with Crippen LogP contribution in [0, 0.1) is 5.41 Å². The van der Waals surface area contributed by atoms with Crippen molar-refractivity contribution in [2.24, 2.45) is 5.41 Å². The summed E-state index contributed by atoms with van der Waals surface area (Å²) in [7, 11) is 0. The third-order valence-corrected chi connectivity index (χ3v) is 4.10. The van der Waals surface area contributed by atoms with Gasteiger partial charge in [0.05, 0.1) is 5.41 Å². The second-order valence-corrected chi connectivity index (χ2v) is 5.58. The van der Waals surface area contributed by atoms with Crippen LogP contribution in [0.1, 0.15) is 43.8 Å². The molecule has 0 aliphatic heterocycles. The molecule has 0 radical (unpaired) electrons. The van der Waals surface area contributed by atoms with Crippen molar-refractivity contribution in [2.45, 2.75) is 38.0 Å². The zero-order valence-electron chi connectivity index (χ0n) is 10.6. The van der Waals surface area contributed by atoms with Gasteiger partial charge in [0, 0.05) is 18.5 Å². The van der Waals surface area contributed by atoms with Gasteiger partial charge in [-0.3, -0.25) is 9.59 Å². The summed E-state index contributed by atoms with van der Waals surface area (Å²) in [5.74, 6) is 0.802. The molecule has 0 spiro atoms. The first kappa shape index (κ1) is 12.2. The van der Waals surface area contributed by atoms with Gasteiger partial charge in [0.15, 0.2) is 0 Å².